The maximum Gasteiger partial charge on any atom is 0.129 e. The van der Waals surface area contributed by atoms with Crippen molar-refractivity contribution in [2.75, 3.05) is 33.1 Å². The summed E-state index contributed by atoms with van der Waals surface area (Å²) < 4.78 is 0.865. The first-order valence-corrected chi connectivity index (χ1v) is 3.38. The molecule has 0 spiro atoms. The van der Waals surface area contributed by atoms with Gasteiger partial charge < -0.3 is 4.48 Å². The molecule has 3 heteroatoms. The smallest absolute Gasteiger partial charge is 0.129 e. The second-order valence-corrected chi connectivity index (χ2v) is 3.01. The molecule has 0 saturated heterocycles. The van der Waals surface area contributed by atoms with Crippen LogP contribution in [0.4, 0.5) is 0 Å². The Bertz CT molecular complexity index is 63.4. The highest BCUT2D eigenvalue weighted by Gasteiger charge is 2.08. The van der Waals surface area contributed by atoms with E-state index in [9.17, 15) is 0 Å². The maximum atomic E-state index is 5.43. The van der Waals surface area contributed by atoms with Gasteiger partial charge in [0, 0.05) is 5.75 Å². The third-order valence-electron chi connectivity index (χ3n) is 1.20. The fourth-order valence-electron chi connectivity index (χ4n) is 0.362. The molecule has 0 radical (unpaired) electrons. The monoisotopic (exact) mass is 135 g/mol. The molecular weight excluding hydrogens is 120 g/mol. The molecule has 2 N–H and O–H groups in total. The van der Waals surface area contributed by atoms with Gasteiger partial charge in [0.1, 0.15) is 6.67 Å². The minimum atomic E-state index is 0.695. The lowest BCUT2D eigenvalue weighted by atomic mass is 10.5. The summed E-state index contributed by atoms with van der Waals surface area (Å²) >= 11 is 4.10. The zero-order chi connectivity index (χ0) is 6.62. The highest BCUT2D eigenvalue weighted by atomic mass is 32.1. The molecule has 0 aromatic carbocycles. The molecule has 0 aliphatic heterocycles. The lowest BCUT2D eigenvalue weighted by Crippen LogP contribution is -2.45. The quantitative estimate of drug-likeness (QED) is 0.316. The summed E-state index contributed by atoms with van der Waals surface area (Å²) in [6.07, 6.45) is 0. The molecule has 2 nitrogen and oxygen atoms in total. The number of quaternary nitrogens is 1. The van der Waals surface area contributed by atoms with Crippen molar-refractivity contribution in [3.63, 3.8) is 0 Å². The highest BCUT2D eigenvalue weighted by molar-refractivity contribution is 7.80. The van der Waals surface area contributed by atoms with Gasteiger partial charge in [-0.3, -0.25) is 5.73 Å². The van der Waals surface area contributed by atoms with Gasteiger partial charge in [0.25, 0.3) is 0 Å². The van der Waals surface area contributed by atoms with Crippen LogP contribution in [-0.4, -0.2) is 37.5 Å². The Morgan fingerprint density at radius 1 is 1.50 bits per heavy atom. The van der Waals surface area contributed by atoms with Crippen LogP contribution < -0.4 is 5.73 Å². The summed E-state index contributed by atoms with van der Waals surface area (Å²) in [6, 6.07) is 0. The normalized spacial score (nSPS) is 12.0. The topological polar surface area (TPSA) is 26.0 Å². The van der Waals surface area contributed by atoms with E-state index in [4.69, 9.17) is 5.73 Å². The molecule has 0 aromatic heterocycles. The van der Waals surface area contributed by atoms with Crippen molar-refractivity contribution in [3.05, 3.63) is 0 Å². The Kier molecular flexibility index (Phi) is 3.44. The van der Waals surface area contributed by atoms with Gasteiger partial charge in [-0.15, -0.1) is 0 Å². The lowest BCUT2D eigenvalue weighted by Gasteiger charge is -2.26. The van der Waals surface area contributed by atoms with Gasteiger partial charge in [-0.2, -0.15) is 12.6 Å². The number of hydrogen-bond acceptors (Lipinski definition) is 2. The van der Waals surface area contributed by atoms with E-state index in [0.29, 0.717) is 6.67 Å². The van der Waals surface area contributed by atoms with Gasteiger partial charge in [0.05, 0.1) is 20.6 Å². The van der Waals surface area contributed by atoms with E-state index < -0.39 is 0 Å². The van der Waals surface area contributed by atoms with Crippen LogP contribution in [0, 0.1) is 0 Å². The molecule has 0 aliphatic carbocycles. The van der Waals surface area contributed by atoms with Crippen molar-refractivity contribution < 1.29 is 4.48 Å². The van der Waals surface area contributed by atoms with Crippen molar-refractivity contribution >= 4 is 12.6 Å². The third kappa shape index (κ3) is 3.29. The summed E-state index contributed by atoms with van der Waals surface area (Å²) in [7, 11) is 4.19. The average Bonchev–Trinajstić information content (AvgIpc) is 1.67. The molecule has 0 aliphatic rings. The van der Waals surface area contributed by atoms with Gasteiger partial charge in [-0.05, 0) is 0 Å². The summed E-state index contributed by atoms with van der Waals surface area (Å²) in [5.74, 6) is 0.907. The number of hydrogen-bond donors (Lipinski definition) is 2. The Labute approximate surface area is 56.7 Å². The van der Waals surface area contributed by atoms with E-state index in [1.807, 2.05) is 0 Å². The van der Waals surface area contributed by atoms with Crippen molar-refractivity contribution in [1.29, 1.82) is 0 Å². The van der Waals surface area contributed by atoms with Crippen LogP contribution in [0.1, 0.15) is 0 Å². The van der Waals surface area contributed by atoms with Crippen LogP contribution in [0.25, 0.3) is 0 Å². The zero-order valence-corrected chi connectivity index (χ0v) is 6.49. The molecule has 0 heterocycles. The zero-order valence-electron chi connectivity index (χ0n) is 5.59. The average molecular weight is 135 g/mol. The van der Waals surface area contributed by atoms with Gasteiger partial charge in [-0.1, -0.05) is 0 Å². The van der Waals surface area contributed by atoms with Gasteiger partial charge in [0.15, 0.2) is 0 Å². The predicted octanol–water partition coefficient (Wildman–Crippen LogP) is -0.0912. The van der Waals surface area contributed by atoms with E-state index in [1.165, 1.54) is 0 Å². The van der Waals surface area contributed by atoms with E-state index in [-0.39, 0.29) is 0 Å². The number of thiol groups is 1. The second-order valence-electron chi connectivity index (χ2n) is 2.57. The SMILES string of the molecule is C[N+](C)(CN)CCS. The van der Waals surface area contributed by atoms with Crippen molar-refractivity contribution in [2.24, 2.45) is 5.73 Å². The second kappa shape index (κ2) is 3.33. The first-order valence-electron chi connectivity index (χ1n) is 2.75. The van der Waals surface area contributed by atoms with Gasteiger partial charge in [0.2, 0.25) is 0 Å². The predicted molar refractivity (Wildman–Crippen MR) is 39.9 cm³/mol. The Balaban J connectivity index is 3.37. The third-order valence-corrected chi connectivity index (χ3v) is 1.40. The first-order chi connectivity index (χ1) is 3.62. The molecule has 0 atom stereocenters. The minimum absolute atomic E-state index is 0.695. The minimum Gasteiger partial charge on any atom is -0.316 e. The Morgan fingerprint density at radius 2 is 2.00 bits per heavy atom. The van der Waals surface area contributed by atoms with Crippen LogP contribution >= 0.6 is 12.6 Å². The highest BCUT2D eigenvalue weighted by Crippen LogP contribution is 1.91. The summed E-state index contributed by atoms with van der Waals surface area (Å²) in [5, 5.41) is 0. The van der Waals surface area contributed by atoms with Crippen molar-refractivity contribution in [1.82, 2.24) is 0 Å². The van der Waals surface area contributed by atoms with Gasteiger partial charge in [-0.25, -0.2) is 0 Å². The molecule has 0 fully saturated rings. The largest absolute Gasteiger partial charge is 0.316 e. The lowest BCUT2D eigenvalue weighted by molar-refractivity contribution is -0.887. The molecule has 0 aromatic rings. The van der Waals surface area contributed by atoms with Gasteiger partial charge >= 0.3 is 0 Å². The van der Waals surface area contributed by atoms with Crippen LogP contribution in [0.2, 0.25) is 0 Å². The molecule has 50 valence electrons. The van der Waals surface area contributed by atoms with Crippen molar-refractivity contribution in [2.45, 2.75) is 0 Å². The van der Waals surface area contributed by atoms with Crippen LogP contribution in [0.5, 0.6) is 0 Å². The number of nitrogens with two attached hydrogens (primary N) is 1. The molecule has 0 amide bonds. The Hall–Kier alpha value is 0.270. The molecule has 0 saturated carbocycles. The van der Waals surface area contributed by atoms with Crippen LogP contribution in [0.3, 0.4) is 0 Å². The van der Waals surface area contributed by atoms with E-state index in [1.54, 1.807) is 0 Å². The van der Waals surface area contributed by atoms with Crippen LogP contribution in [-0.2, 0) is 0 Å². The number of nitrogens with zero attached hydrogens (tertiary/aromatic N) is 1. The molecule has 0 rings (SSSR count). The van der Waals surface area contributed by atoms with E-state index in [0.717, 1.165) is 16.8 Å². The maximum absolute atomic E-state index is 5.43. The first kappa shape index (κ1) is 8.27. The van der Waals surface area contributed by atoms with E-state index >= 15 is 0 Å². The molecule has 8 heavy (non-hydrogen) atoms. The Morgan fingerprint density at radius 3 is 2.12 bits per heavy atom. The standard InChI is InChI=1S/C5H14N2S/c1-7(2,5-6)3-4-8/h3-6H2,1-2H3/p+1. The number of rotatable bonds is 3. The summed E-state index contributed by atoms with van der Waals surface area (Å²) in [4.78, 5) is 0. The molecule has 0 bridgehead atoms. The fraction of sp³-hybridized carbons (Fsp3) is 1.00. The van der Waals surface area contributed by atoms with Crippen LogP contribution in [0.15, 0.2) is 0 Å². The fourth-order valence-corrected chi connectivity index (χ4v) is 0.903. The summed E-state index contributed by atoms with van der Waals surface area (Å²) in [5.41, 5.74) is 5.43. The van der Waals surface area contributed by atoms with Crippen molar-refractivity contribution in [3.8, 4) is 0 Å². The molecular formula is C5H15N2S+. The van der Waals surface area contributed by atoms with E-state index in [2.05, 4.69) is 26.7 Å². The molecule has 0 unspecified atom stereocenters. The summed E-state index contributed by atoms with van der Waals surface area (Å²) in [6.45, 7) is 1.74.